The highest BCUT2D eigenvalue weighted by Gasteiger charge is 2.13. The fourth-order valence-corrected chi connectivity index (χ4v) is 1.71. The summed E-state index contributed by atoms with van der Waals surface area (Å²) < 4.78 is 34.0. The van der Waals surface area contributed by atoms with Crippen LogP contribution in [0.1, 0.15) is 12.0 Å². The van der Waals surface area contributed by atoms with Crippen molar-refractivity contribution in [3.63, 3.8) is 0 Å². The number of methoxy groups -OCH3 is 1. The summed E-state index contributed by atoms with van der Waals surface area (Å²) in [5.41, 5.74) is 0.685. The molecule has 0 N–H and O–H groups in total. The first-order chi connectivity index (χ1) is 7.69. The Balaban J connectivity index is 2.95. The largest absolute Gasteiger partial charge is 0.496 e. The van der Waals surface area contributed by atoms with E-state index in [1.54, 1.807) is 12.1 Å². The number of benzene rings is 1. The molecule has 90 valence electrons. The van der Waals surface area contributed by atoms with Crippen molar-refractivity contribution in [3.05, 3.63) is 23.8 Å². The molecule has 0 aliphatic carbocycles. The minimum absolute atomic E-state index is 0.190. The van der Waals surface area contributed by atoms with Gasteiger partial charge in [-0.1, -0.05) is 22.0 Å². The number of alkyl halides is 3. The van der Waals surface area contributed by atoms with E-state index >= 15 is 0 Å². The van der Waals surface area contributed by atoms with E-state index in [-0.39, 0.29) is 5.75 Å². The molecule has 1 aromatic carbocycles. The average molecular weight is 295 g/mol. The standard InChI is InChI=1S/C11H13BrF2O2/c1-15-9-5-2-6-10(16-11(13)14)8(9)4-3-7-12/h2,5-6,11H,3-4,7H2,1H3. The first-order valence-corrected chi connectivity index (χ1v) is 5.97. The first kappa shape index (κ1) is 13.2. The van der Waals surface area contributed by atoms with Crippen LogP contribution in [-0.2, 0) is 6.42 Å². The van der Waals surface area contributed by atoms with Crippen LogP contribution in [0, 0.1) is 0 Å². The molecule has 0 atom stereocenters. The minimum Gasteiger partial charge on any atom is -0.496 e. The van der Waals surface area contributed by atoms with Gasteiger partial charge in [-0.3, -0.25) is 0 Å². The van der Waals surface area contributed by atoms with Crippen molar-refractivity contribution in [2.75, 3.05) is 12.4 Å². The van der Waals surface area contributed by atoms with Crippen molar-refractivity contribution < 1.29 is 18.3 Å². The minimum atomic E-state index is -2.81. The molecule has 0 unspecified atom stereocenters. The normalized spacial score (nSPS) is 10.6. The smallest absolute Gasteiger partial charge is 0.387 e. The maximum absolute atomic E-state index is 12.2. The van der Waals surface area contributed by atoms with Gasteiger partial charge in [-0.25, -0.2) is 0 Å². The van der Waals surface area contributed by atoms with Gasteiger partial charge >= 0.3 is 6.61 Å². The molecule has 0 heterocycles. The summed E-state index contributed by atoms with van der Waals surface area (Å²) in [4.78, 5) is 0. The summed E-state index contributed by atoms with van der Waals surface area (Å²) in [6.07, 6.45) is 1.47. The fraction of sp³-hybridized carbons (Fsp3) is 0.455. The summed E-state index contributed by atoms with van der Waals surface area (Å²) in [5, 5.41) is 0.805. The van der Waals surface area contributed by atoms with Gasteiger partial charge in [-0.05, 0) is 25.0 Å². The van der Waals surface area contributed by atoms with E-state index < -0.39 is 6.61 Å². The fourth-order valence-electron chi connectivity index (χ4n) is 1.43. The molecule has 0 amide bonds. The van der Waals surface area contributed by atoms with Gasteiger partial charge in [0.1, 0.15) is 11.5 Å². The van der Waals surface area contributed by atoms with E-state index in [0.717, 1.165) is 11.8 Å². The lowest BCUT2D eigenvalue weighted by molar-refractivity contribution is -0.0505. The zero-order chi connectivity index (χ0) is 12.0. The van der Waals surface area contributed by atoms with E-state index in [9.17, 15) is 8.78 Å². The molecule has 0 spiro atoms. The Morgan fingerprint density at radius 1 is 1.31 bits per heavy atom. The van der Waals surface area contributed by atoms with Gasteiger partial charge in [0.05, 0.1) is 7.11 Å². The van der Waals surface area contributed by atoms with Crippen molar-refractivity contribution >= 4 is 15.9 Å². The van der Waals surface area contributed by atoms with Gasteiger partial charge in [0, 0.05) is 10.9 Å². The molecule has 0 saturated carbocycles. The Morgan fingerprint density at radius 3 is 2.56 bits per heavy atom. The Labute approximate surface area is 102 Å². The maximum atomic E-state index is 12.2. The third-order valence-corrected chi connectivity index (χ3v) is 2.65. The van der Waals surface area contributed by atoms with Crippen LogP contribution in [0.3, 0.4) is 0 Å². The van der Waals surface area contributed by atoms with Crippen LogP contribution in [0.2, 0.25) is 0 Å². The lowest BCUT2D eigenvalue weighted by Gasteiger charge is -2.13. The van der Waals surface area contributed by atoms with Gasteiger partial charge in [-0.2, -0.15) is 8.78 Å². The van der Waals surface area contributed by atoms with Crippen LogP contribution >= 0.6 is 15.9 Å². The zero-order valence-corrected chi connectivity index (χ0v) is 10.5. The highest BCUT2D eigenvalue weighted by molar-refractivity contribution is 9.09. The maximum Gasteiger partial charge on any atom is 0.387 e. The summed E-state index contributed by atoms with van der Waals surface area (Å²) in [5.74, 6) is 0.773. The predicted octanol–water partition coefficient (Wildman–Crippen LogP) is 3.62. The Kier molecular flexibility index (Phi) is 5.52. The van der Waals surface area contributed by atoms with Gasteiger partial charge in [0.25, 0.3) is 0 Å². The summed E-state index contributed by atoms with van der Waals surface area (Å²) in [6, 6.07) is 4.90. The second-order valence-corrected chi connectivity index (χ2v) is 3.90. The van der Waals surface area contributed by atoms with Crippen LogP contribution in [0.4, 0.5) is 8.78 Å². The lowest BCUT2D eigenvalue weighted by Crippen LogP contribution is -2.05. The molecule has 0 fully saturated rings. The van der Waals surface area contributed by atoms with Crippen LogP contribution in [0.5, 0.6) is 11.5 Å². The lowest BCUT2D eigenvalue weighted by atomic mass is 10.1. The van der Waals surface area contributed by atoms with Crippen molar-refractivity contribution in [2.24, 2.45) is 0 Å². The quantitative estimate of drug-likeness (QED) is 0.746. The number of hydrogen-bond acceptors (Lipinski definition) is 2. The van der Waals surface area contributed by atoms with E-state index in [2.05, 4.69) is 20.7 Å². The van der Waals surface area contributed by atoms with Crippen LogP contribution in [-0.4, -0.2) is 19.1 Å². The van der Waals surface area contributed by atoms with E-state index in [1.807, 2.05) is 0 Å². The molecule has 0 saturated heterocycles. The third kappa shape index (κ3) is 3.63. The Hall–Kier alpha value is -0.840. The van der Waals surface area contributed by atoms with Crippen molar-refractivity contribution in [2.45, 2.75) is 19.5 Å². The second-order valence-electron chi connectivity index (χ2n) is 3.11. The van der Waals surface area contributed by atoms with Crippen LogP contribution < -0.4 is 9.47 Å². The van der Waals surface area contributed by atoms with E-state index in [4.69, 9.17) is 4.74 Å². The molecule has 2 nitrogen and oxygen atoms in total. The van der Waals surface area contributed by atoms with Gasteiger partial charge in [-0.15, -0.1) is 0 Å². The van der Waals surface area contributed by atoms with Gasteiger partial charge in [0.2, 0.25) is 0 Å². The third-order valence-electron chi connectivity index (χ3n) is 2.09. The topological polar surface area (TPSA) is 18.5 Å². The van der Waals surface area contributed by atoms with Crippen molar-refractivity contribution in [1.29, 1.82) is 0 Å². The molecule has 1 aromatic rings. The molecular formula is C11H13BrF2O2. The predicted molar refractivity (Wildman–Crippen MR) is 61.7 cm³/mol. The summed E-state index contributed by atoms with van der Waals surface area (Å²) in [7, 11) is 1.51. The highest BCUT2D eigenvalue weighted by Crippen LogP contribution is 2.30. The number of rotatable bonds is 6. The summed E-state index contributed by atoms with van der Waals surface area (Å²) >= 11 is 3.30. The molecule has 1 rings (SSSR count). The molecule has 0 radical (unpaired) electrons. The molecule has 16 heavy (non-hydrogen) atoms. The van der Waals surface area contributed by atoms with E-state index in [0.29, 0.717) is 17.7 Å². The summed E-state index contributed by atoms with van der Waals surface area (Å²) in [6.45, 7) is -2.81. The number of ether oxygens (including phenoxy) is 2. The molecule has 5 heteroatoms. The van der Waals surface area contributed by atoms with Crippen LogP contribution in [0.25, 0.3) is 0 Å². The SMILES string of the molecule is COc1cccc(OC(F)F)c1CCCBr. The first-order valence-electron chi connectivity index (χ1n) is 4.85. The van der Waals surface area contributed by atoms with Gasteiger partial charge in [0.15, 0.2) is 0 Å². The highest BCUT2D eigenvalue weighted by atomic mass is 79.9. The molecular weight excluding hydrogens is 282 g/mol. The molecule has 0 bridgehead atoms. The number of halogens is 3. The average Bonchev–Trinajstić information content (AvgIpc) is 2.26. The van der Waals surface area contributed by atoms with Gasteiger partial charge < -0.3 is 9.47 Å². The van der Waals surface area contributed by atoms with Crippen LogP contribution in [0.15, 0.2) is 18.2 Å². The van der Waals surface area contributed by atoms with E-state index in [1.165, 1.54) is 13.2 Å². The molecule has 0 aliphatic heterocycles. The Bertz CT molecular complexity index is 332. The zero-order valence-electron chi connectivity index (χ0n) is 8.88. The second kappa shape index (κ2) is 6.68. The van der Waals surface area contributed by atoms with Crippen molar-refractivity contribution in [3.8, 4) is 11.5 Å². The Morgan fingerprint density at radius 2 is 2.00 bits per heavy atom. The number of hydrogen-bond donors (Lipinski definition) is 0. The molecule has 0 aliphatic rings. The molecule has 0 aromatic heterocycles. The van der Waals surface area contributed by atoms with Crippen molar-refractivity contribution in [1.82, 2.24) is 0 Å². The monoisotopic (exact) mass is 294 g/mol.